The molecule has 2 aromatic rings. The Bertz CT molecular complexity index is 650. The molecule has 1 heterocycles. The zero-order valence-electron chi connectivity index (χ0n) is 8.66. The lowest BCUT2D eigenvalue weighted by atomic mass is 10.2. The van der Waals surface area contributed by atoms with E-state index in [-0.39, 0.29) is 22.2 Å². The number of nitro benzene ring substituents is 1. The number of nitrogens with zero attached hydrogens (tertiary/aromatic N) is 3. The third-order valence-electron chi connectivity index (χ3n) is 1.94. The van der Waals surface area contributed by atoms with E-state index in [0.717, 1.165) is 6.07 Å². The Labute approximate surface area is 114 Å². The zero-order valence-corrected chi connectivity index (χ0v) is 11.1. The Morgan fingerprint density at radius 2 is 2.33 bits per heavy atom. The monoisotopic (exact) mass is 325 g/mol. The van der Waals surface area contributed by atoms with Gasteiger partial charge in [-0.1, -0.05) is 11.3 Å². The van der Waals surface area contributed by atoms with Crippen LogP contribution in [0.3, 0.4) is 0 Å². The minimum atomic E-state index is -0.598. The number of aromatic nitrogens is 1. The lowest BCUT2D eigenvalue weighted by molar-refractivity contribution is -0.385. The normalized spacial score (nSPS) is 9.78. The molecule has 90 valence electrons. The van der Waals surface area contributed by atoms with Crippen molar-refractivity contribution in [2.45, 2.75) is 0 Å². The summed E-state index contributed by atoms with van der Waals surface area (Å²) in [5.74, 6) is 0.0563. The molecule has 0 amide bonds. The van der Waals surface area contributed by atoms with Crippen LogP contribution in [0.25, 0.3) is 0 Å². The molecule has 0 N–H and O–H groups in total. The lowest BCUT2D eigenvalue weighted by Gasteiger charge is -2.02. The van der Waals surface area contributed by atoms with Crippen molar-refractivity contribution < 1.29 is 9.66 Å². The van der Waals surface area contributed by atoms with Crippen molar-refractivity contribution in [2.75, 3.05) is 0 Å². The smallest absolute Gasteiger partial charge is 0.312 e. The Morgan fingerprint density at radius 1 is 1.56 bits per heavy atom. The fourth-order valence-corrected chi connectivity index (χ4v) is 2.29. The second-order valence-electron chi connectivity index (χ2n) is 3.09. The van der Waals surface area contributed by atoms with Crippen molar-refractivity contribution in [1.82, 2.24) is 4.98 Å². The summed E-state index contributed by atoms with van der Waals surface area (Å²) in [5, 5.41) is 21.6. The van der Waals surface area contributed by atoms with Gasteiger partial charge in [0.15, 0.2) is 0 Å². The molecule has 1 aromatic carbocycles. The Kier molecular flexibility index (Phi) is 3.55. The number of halogens is 1. The third-order valence-corrected chi connectivity index (χ3v) is 3.36. The highest BCUT2D eigenvalue weighted by atomic mass is 79.9. The molecule has 6 nitrogen and oxygen atoms in total. The van der Waals surface area contributed by atoms with Crippen molar-refractivity contribution in [2.24, 2.45) is 0 Å². The fourth-order valence-electron chi connectivity index (χ4n) is 1.20. The first kappa shape index (κ1) is 12.5. The summed E-state index contributed by atoms with van der Waals surface area (Å²) in [4.78, 5) is 14.3. The van der Waals surface area contributed by atoms with Crippen LogP contribution in [0, 0.1) is 21.4 Å². The van der Waals surface area contributed by atoms with E-state index in [1.54, 1.807) is 5.38 Å². The molecule has 0 aliphatic rings. The first-order valence-corrected chi connectivity index (χ1v) is 6.25. The highest BCUT2D eigenvalue weighted by Gasteiger charge is 2.17. The Hall–Kier alpha value is -1.98. The van der Waals surface area contributed by atoms with Gasteiger partial charge in [0.2, 0.25) is 5.75 Å². The number of nitro groups is 1. The topological polar surface area (TPSA) is 89.0 Å². The molecular formula is C10H4BrN3O3S. The van der Waals surface area contributed by atoms with Crippen LogP contribution in [0.15, 0.2) is 28.2 Å². The van der Waals surface area contributed by atoms with Crippen molar-refractivity contribution >= 4 is 33.0 Å². The first-order valence-electron chi connectivity index (χ1n) is 4.57. The largest absolute Gasteiger partial charge is 0.423 e. The molecule has 0 fully saturated rings. The summed E-state index contributed by atoms with van der Waals surface area (Å²) in [5.41, 5.74) is -0.0604. The first-order chi connectivity index (χ1) is 8.60. The summed E-state index contributed by atoms with van der Waals surface area (Å²) in [6, 6.07) is 5.83. The second-order valence-corrected chi connectivity index (χ2v) is 4.72. The summed E-state index contributed by atoms with van der Waals surface area (Å²) in [6.07, 6.45) is 0. The predicted molar refractivity (Wildman–Crippen MR) is 67.7 cm³/mol. The number of benzene rings is 1. The maximum absolute atomic E-state index is 10.9. The van der Waals surface area contributed by atoms with Gasteiger partial charge in [-0.2, -0.15) is 10.2 Å². The van der Waals surface area contributed by atoms with Crippen LogP contribution in [0.1, 0.15) is 5.56 Å². The van der Waals surface area contributed by atoms with Crippen LogP contribution < -0.4 is 4.74 Å². The summed E-state index contributed by atoms with van der Waals surface area (Å²) in [7, 11) is 0. The number of hydrogen-bond donors (Lipinski definition) is 0. The van der Waals surface area contributed by atoms with Gasteiger partial charge in [-0.3, -0.25) is 10.1 Å². The average Bonchev–Trinajstić information content (AvgIpc) is 2.75. The Morgan fingerprint density at radius 3 is 2.89 bits per heavy atom. The van der Waals surface area contributed by atoms with E-state index in [4.69, 9.17) is 10.00 Å². The number of rotatable bonds is 3. The van der Waals surface area contributed by atoms with Gasteiger partial charge in [0.05, 0.1) is 16.6 Å². The van der Waals surface area contributed by atoms with E-state index in [1.165, 1.54) is 23.5 Å². The van der Waals surface area contributed by atoms with E-state index in [0.29, 0.717) is 4.60 Å². The molecule has 0 saturated carbocycles. The van der Waals surface area contributed by atoms with Crippen LogP contribution in [0.4, 0.5) is 5.69 Å². The molecule has 1 aromatic heterocycles. The molecule has 0 radical (unpaired) electrons. The van der Waals surface area contributed by atoms with Crippen LogP contribution in [0.5, 0.6) is 10.9 Å². The SMILES string of the molecule is N#Cc1ccc(Oc2nc(Br)cs2)c([N+](=O)[O-])c1. The number of ether oxygens (including phenoxy) is 1. The molecule has 0 bridgehead atoms. The zero-order chi connectivity index (χ0) is 13.1. The third kappa shape index (κ3) is 2.64. The predicted octanol–water partition coefficient (Wildman–Crippen LogP) is 3.48. The number of thiazole rings is 1. The van der Waals surface area contributed by atoms with Gasteiger partial charge in [-0.15, -0.1) is 0 Å². The van der Waals surface area contributed by atoms with Gasteiger partial charge in [-0.25, -0.2) is 0 Å². The summed E-state index contributed by atoms with van der Waals surface area (Å²) >= 11 is 4.37. The standard InChI is InChI=1S/C10H4BrN3O3S/c11-9-5-18-10(13-9)17-8-2-1-6(4-12)3-7(8)14(15)16/h1-3,5H. The summed E-state index contributed by atoms with van der Waals surface area (Å²) < 4.78 is 5.91. The van der Waals surface area contributed by atoms with Gasteiger partial charge in [0.25, 0.3) is 5.19 Å². The highest BCUT2D eigenvalue weighted by Crippen LogP contribution is 2.34. The molecule has 18 heavy (non-hydrogen) atoms. The van der Waals surface area contributed by atoms with Gasteiger partial charge >= 0.3 is 5.69 Å². The fraction of sp³-hybridized carbons (Fsp3) is 0. The molecule has 0 spiro atoms. The van der Waals surface area contributed by atoms with Crippen molar-refractivity contribution in [3.8, 4) is 17.0 Å². The van der Waals surface area contributed by atoms with E-state index >= 15 is 0 Å². The van der Waals surface area contributed by atoms with Crippen LogP contribution >= 0.6 is 27.3 Å². The average molecular weight is 326 g/mol. The second kappa shape index (κ2) is 5.12. The molecule has 0 aliphatic heterocycles. The molecule has 0 saturated heterocycles. The minimum absolute atomic E-state index is 0.0563. The van der Waals surface area contributed by atoms with E-state index in [9.17, 15) is 10.1 Å². The number of nitriles is 1. The molecule has 2 rings (SSSR count). The van der Waals surface area contributed by atoms with Crippen molar-refractivity contribution in [3.05, 3.63) is 43.9 Å². The quantitative estimate of drug-likeness (QED) is 0.636. The van der Waals surface area contributed by atoms with Gasteiger partial charge in [0.1, 0.15) is 4.60 Å². The van der Waals surface area contributed by atoms with Crippen molar-refractivity contribution in [1.29, 1.82) is 5.26 Å². The highest BCUT2D eigenvalue weighted by molar-refractivity contribution is 9.10. The number of hydrogen-bond acceptors (Lipinski definition) is 6. The molecule has 0 aliphatic carbocycles. The maximum Gasteiger partial charge on any atom is 0.312 e. The van der Waals surface area contributed by atoms with E-state index in [1.807, 2.05) is 6.07 Å². The lowest BCUT2D eigenvalue weighted by Crippen LogP contribution is -1.94. The van der Waals surface area contributed by atoms with Crippen LogP contribution in [-0.4, -0.2) is 9.91 Å². The van der Waals surface area contributed by atoms with Gasteiger partial charge in [-0.05, 0) is 28.1 Å². The van der Waals surface area contributed by atoms with Crippen LogP contribution in [-0.2, 0) is 0 Å². The molecular weight excluding hydrogens is 322 g/mol. The van der Waals surface area contributed by atoms with Gasteiger partial charge in [0, 0.05) is 11.4 Å². The van der Waals surface area contributed by atoms with E-state index < -0.39 is 4.92 Å². The van der Waals surface area contributed by atoms with E-state index in [2.05, 4.69) is 20.9 Å². The van der Waals surface area contributed by atoms with Crippen LogP contribution in [0.2, 0.25) is 0 Å². The molecule has 0 unspecified atom stereocenters. The molecule has 0 atom stereocenters. The minimum Gasteiger partial charge on any atom is -0.423 e. The molecule has 8 heteroatoms. The summed E-state index contributed by atoms with van der Waals surface area (Å²) in [6.45, 7) is 0. The van der Waals surface area contributed by atoms with Crippen molar-refractivity contribution in [3.63, 3.8) is 0 Å². The van der Waals surface area contributed by atoms with Gasteiger partial charge < -0.3 is 4.74 Å². The maximum atomic E-state index is 10.9. The Balaban J connectivity index is 2.38.